The molecule has 6 heteroatoms. The van der Waals surface area contributed by atoms with Gasteiger partial charge in [0.2, 0.25) is 0 Å². The lowest BCUT2D eigenvalue weighted by Gasteiger charge is -2.33. The van der Waals surface area contributed by atoms with E-state index >= 15 is 0 Å². The highest BCUT2D eigenvalue weighted by molar-refractivity contribution is 5.65. The molecular formula is C22H18N6. The van der Waals surface area contributed by atoms with Crippen LogP contribution in [-0.2, 0) is 5.54 Å². The van der Waals surface area contributed by atoms with Crippen LogP contribution in [0.4, 0.5) is 0 Å². The van der Waals surface area contributed by atoms with E-state index in [0.717, 1.165) is 33.5 Å². The van der Waals surface area contributed by atoms with Gasteiger partial charge in [-0.05, 0) is 41.0 Å². The number of nitrogens with two attached hydrogens (primary N) is 1. The molecule has 4 heterocycles. The minimum absolute atomic E-state index is 0.368. The third kappa shape index (κ3) is 2.51. The fourth-order valence-corrected chi connectivity index (χ4v) is 3.99. The van der Waals surface area contributed by atoms with Crippen LogP contribution in [0.25, 0.3) is 11.1 Å². The molecule has 3 N–H and O–H groups in total. The Balaban J connectivity index is 1.77. The molecule has 2 atom stereocenters. The second-order valence-corrected chi connectivity index (χ2v) is 6.75. The largest absolute Gasteiger partial charge is 0.311 e. The first-order valence-electron chi connectivity index (χ1n) is 9.04. The molecule has 5 rings (SSSR count). The summed E-state index contributed by atoms with van der Waals surface area (Å²) in [5.41, 5.74) is 11.9. The van der Waals surface area contributed by atoms with Gasteiger partial charge in [-0.2, -0.15) is 0 Å². The molecule has 1 aliphatic rings. The molecule has 0 fully saturated rings. The summed E-state index contributed by atoms with van der Waals surface area (Å²) in [5.74, 6) is 0. The first-order chi connectivity index (χ1) is 13.8. The van der Waals surface area contributed by atoms with E-state index in [1.54, 1.807) is 18.6 Å². The Morgan fingerprint density at radius 3 is 2.46 bits per heavy atom. The van der Waals surface area contributed by atoms with Crippen LogP contribution in [0.5, 0.6) is 0 Å². The third-order valence-corrected chi connectivity index (χ3v) is 5.21. The molecule has 0 aliphatic carbocycles. The van der Waals surface area contributed by atoms with Gasteiger partial charge in [0.1, 0.15) is 12.5 Å². The van der Waals surface area contributed by atoms with E-state index in [-0.39, 0.29) is 6.17 Å². The van der Waals surface area contributed by atoms with Gasteiger partial charge in [-0.1, -0.05) is 24.3 Å². The molecular weight excluding hydrogens is 348 g/mol. The summed E-state index contributed by atoms with van der Waals surface area (Å²) in [6, 6.07) is 16.4. The highest BCUT2D eigenvalue weighted by atomic mass is 15.2. The van der Waals surface area contributed by atoms with Crippen molar-refractivity contribution in [1.82, 2.24) is 25.3 Å². The summed E-state index contributed by atoms with van der Waals surface area (Å²) in [7, 11) is 0. The van der Waals surface area contributed by atoms with E-state index in [1.165, 1.54) is 6.33 Å². The predicted octanol–water partition coefficient (Wildman–Crippen LogP) is 2.79. The summed E-state index contributed by atoms with van der Waals surface area (Å²) in [5, 5.41) is 3.60. The molecule has 0 amide bonds. The number of hydrogen-bond acceptors (Lipinski definition) is 6. The van der Waals surface area contributed by atoms with Crippen molar-refractivity contribution in [3.8, 4) is 11.1 Å². The average Bonchev–Trinajstić information content (AvgIpc) is 3.09. The molecule has 0 radical (unpaired) electrons. The summed E-state index contributed by atoms with van der Waals surface area (Å²) in [6.45, 7) is 0. The Bertz CT molecular complexity index is 1120. The van der Waals surface area contributed by atoms with E-state index in [9.17, 15) is 0 Å². The van der Waals surface area contributed by atoms with Crippen molar-refractivity contribution in [1.29, 1.82) is 0 Å². The zero-order valence-electron chi connectivity index (χ0n) is 15.0. The summed E-state index contributed by atoms with van der Waals surface area (Å²) >= 11 is 0. The quantitative estimate of drug-likeness (QED) is 0.579. The Labute approximate surface area is 162 Å². The lowest BCUT2D eigenvalue weighted by molar-refractivity contribution is 0.454. The lowest BCUT2D eigenvalue weighted by atomic mass is 9.78. The maximum Gasteiger partial charge on any atom is 0.115 e. The van der Waals surface area contributed by atoms with Crippen molar-refractivity contribution < 1.29 is 0 Å². The Morgan fingerprint density at radius 2 is 1.64 bits per heavy atom. The Hall–Kier alpha value is -3.48. The van der Waals surface area contributed by atoms with Crippen LogP contribution in [0.2, 0.25) is 0 Å². The zero-order valence-corrected chi connectivity index (χ0v) is 15.0. The molecule has 28 heavy (non-hydrogen) atoms. The van der Waals surface area contributed by atoms with Gasteiger partial charge in [0.25, 0.3) is 0 Å². The smallest absolute Gasteiger partial charge is 0.115 e. The Morgan fingerprint density at radius 1 is 0.821 bits per heavy atom. The van der Waals surface area contributed by atoms with Crippen molar-refractivity contribution >= 4 is 0 Å². The number of hydrogen-bond donors (Lipinski definition) is 2. The maximum atomic E-state index is 6.44. The molecule has 0 saturated heterocycles. The highest BCUT2D eigenvalue weighted by Crippen LogP contribution is 2.44. The first-order valence-corrected chi connectivity index (χ1v) is 9.04. The first kappa shape index (κ1) is 16.7. The number of rotatable bonds is 3. The van der Waals surface area contributed by atoms with Crippen LogP contribution in [0.3, 0.4) is 0 Å². The molecule has 2 unspecified atom stereocenters. The number of nitrogens with zero attached hydrogens (tertiary/aromatic N) is 4. The molecule has 6 nitrogen and oxygen atoms in total. The minimum atomic E-state index is -0.613. The van der Waals surface area contributed by atoms with Crippen LogP contribution in [0.15, 0.2) is 85.8 Å². The van der Waals surface area contributed by atoms with Crippen molar-refractivity contribution in [2.75, 3.05) is 0 Å². The number of nitrogens with one attached hydrogen (secondary N) is 1. The predicted molar refractivity (Wildman–Crippen MR) is 106 cm³/mol. The molecule has 136 valence electrons. The van der Waals surface area contributed by atoms with E-state index in [4.69, 9.17) is 5.73 Å². The molecule has 4 aromatic rings. The van der Waals surface area contributed by atoms with Gasteiger partial charge in [0.05, 0.1) is 11.2 Å². The van der Waals surface area contributed by atoms with E-state index in [0.29, 0.717) is 0 Å². The van der Waals surface area contributed by atoms with Gasteiger partial charge in [0.15, 0.2) is 0 Å². The van der Waals surface area contributed by atoms with Gasteiger partial charge in [0, 0.05) is 42.1 Å². The zero-order chi connectivity index (χ0) is 19.0. The Kier molecular flexibility index (Phi) is 3.93. The van der Waals surface area contributed by atoms with Crippen molar-refractivity contribution in [2.45, 2.75) is 11.7 Å². The minimum Gasteiger partial charge on any atom is -0.311 e. The van der Waals surface area contributed by atoms with Crippen molar-refractivity contribution in [2.24, 2.45) is 5.73 Å². The third-order valence-electron chi connectivity index (χ3n) is 5.21. The van der Waals surface area contributed by atoms with Crippen LogP contribution in [-0.4, -0.2) is 19.9 Å². The molecule has 0 bridgehead atoms. The molecule has 0 spiro atoms. The van der Waals surface area contributed by atoms with E-state index in [2.05, 4.69) is 49.5 Å². The summed E-state index contributed by atoms with van der Waals surface area (Å²) < 4.78 is 0. The second-order valence-electron chi connectivity index (χ2n) is 6.75. The number of pyridine rings is 2. The van der Waals surface area contributed by atoms with Gasteiger partial charge in [-0.3, -0.25) is 15.3 Å². The summed E-state index contributed by atoms with van der Waals surface area (Å²) in [4.78, 5) is 17.0. The normalized spacial score (nSPS) is 20.7. The number of benzene rings is 1. The molecule has 0 saturated carbocycles. The van der Waals surface area contributed by atoms with Crippen LogP contribution < -0.4 is 11.1 Å². The fraction of sp³-hybridized carbons (Fsp3) is 0.0909. The lowest BCUT2D eigenvalue weighted by Crippen LogP contribution is -2.42. The number of fused-ring (bicyclic) bond motifs is 1. The average molecular weight is 366 g/mol. The monoisotopic (exact) mass is 366 g/mol. The standard InChI is InChI=1S/C22H18N6/c23-21-20-19(5-2-8-27-20)22(28-21,17-6-9-24-10-7-17)18-4-1-3-15(11-18)16-12-25-14-26-13-16/h1-14,21,28H,23H2. The SMILES string of the molecule is NC1NC(c2ccncc2)(c2cccc(-c3cncnc3)c2)c2cccnc21. The van der Waals surface area contributed by atoms with Crippen LogP contribution >= 0.6 is 0 Å². The second kappa shape index (κ2) is 6.60. The summed E-state index contributed by atoms with van der Waals surface area (Å²) in [6.07, 6.45) is 10.2. The number of aromatic nitrogens is 4. The van der Waals surface area contributed by atoms with Crippen molar-refractivity contribution in [3.05, 3.63) is 108 Å². The molecule has 3 aromatic heterocycles. The van der Waals surface area contributed by atoms with Crippen molar-refractivity contribution in [3.63, 3.8) is 0 Å². The topological polar surface area (TPSA) is 89.6 Å². The van der Waals surface area contributed by atoms with Gasteiger partial charge < -0.3 is 5.73 Å². The van der Waals surface area contributed by atoms with Crippen LogP contribution in [0.1, 0.15) is 28.6 Å². The maximum absolute atomic E-state index is 6.44. The van der Waals surface area contributed by atoms with E-state index in [1.807, 2.05) is 36.7 Å². The van der Waals surface area contributed by atoms with Crippen LogP contribution in [0, 0.1) is 0 Å². The fourth-order valence-electron chi connectivity index (χ4n) is 3.99. The van der Waals surface area contributed by atoms with Gasteiger partial charge in [-0.15, -0.1) is 0 Å². The van der Waals surface area contributed by atoms with Gasteiger partial charge in [-0.25, -0.2) is 9.97 Å². The highest BCUT2D eigenvalue weighted by Gasteiger charge is 2.45. The molecule has 1 aromatic carbocycles. The van der Waals surface area contributed by atoms with E-state index < -0.39 is 5.54 Å². The molecule has 1 aliphatic heterocycles. The van der Waals surface area contributed by atoms with Gasteiger partial charge >= 0.3 is 0 Å².